The molecule has 0 aliphatic carbocycles. The van der Waals surface area contributed by atoms with Crippen molar-refractivity contribution in [3.8, 4) is 0 Å². The second-order valence-corrected chi connectivity index (χ2v) is 4.10. The molecule has 1 rings (SSSR count). The van der Waals surface area contributed by atoms with E-state index in [2.05, 4.69) is 5.32 Å². The van der Waals surface area contributed by atoms with Gasteiger partial charge in [-0.15, -0.1) is 0 Å². The van der Waals surface area contributed by atoms with Gasteiger partial charge >= 0.3 is 6.18 Å². The number of hydrogen-bond donors (Lipinski definition) is 1. The molecular formula is C14H20F3NO2. The van der Waals surface area contributed by atoms with E-state index in [1.165, 1.54) is 12.1 Å². The van der Waals surface area contributed by atoms with Crippen LogP contribution in [-0.2, 0) is 15.7 Å². The van der Waals surface area contributed by atoms with Crippen molar-refractivity contribution in [2.45, 2.75) is 32.7 Å². The van der Waals surface area contributed by atoms with E-state index in [0.29, 0.717) is 26.2 Å². The Kier molecular flexibility index (Phi) is 6.81. The predicted octanol–water partition coefficient (Wildman–Crippen LogP) is 3.91. The van der Waals surface area contributed by atoms with Gasteiger partial charge in [0.2, 0.25) is 0 Å². The summed E-state index contributed by atoms with van der Waals surface area (Å²) in [6.07, 6.45) is -4.27. The van der Waals surface area contributed by atoms with E-state index >= 15 is 0 Å². The fourth-order valence-electron chi connectivity index (χ4n) is 1.80. The summed E-state index contributed by atoms with van der Waals surface area (Å²) in [5.74, 6) is 0. The molecule has 0 atom stereocenters. The highest BCUT2D eigenvalue weighted by molar-refractivity contribution is 5.52. The zero-order chi connectivity index (χ0) is 15.0. The van der Waals surface area contributed by atoms with E-state index in [4.69, 9.17) is 9.47 Å². The van der Waals surface area contributed by atoms with Gasteiger partial charge < -0.3 is 14.8 Å². The average molecular weight is 291 g/mol. The maximum Gasteiger partial charge on any atom is 0.418 e. The van der Waals surface area contributed by atoms with E-state index in [9.17, 15) is 13.2 Å². The molecular weight excluding hydrogens is 271 g/mol. The van der Waals surface area contributed by atoms with E-state index in [0.717, 1.165) is 6.07 Å². The predicted molar refractivity (Wildman–Crippen MR) is 71.6 cm³/mol. The lowest BCUT2D eigenvalue weighted by atomic mass is 10.1. The van der Waals surface area contributed by atoms with Gasteiger partial charge in [-0.2, -0.15) is 13.2 Å². The number of alkyl halides is 3. The second-order valence-electron chi connectivity index (χ2n) is 4.10. The fraction of sp³-hybridized carbons (Fsp3) is 0.571. The minimum Gasteiger partial charge on any atom is -0.384 e. The zero-order valence-electron chi connectivity index (χ0n) is 11.7. The Morgan fingerprint density at radius 2 is 1.70 bits per heavy atom. The summed E-state index contributed by atoms with van der Waals surface area (Å²) >= 11 is 0. The molecule has 114 valence electrons. The van der Waals surface area contributed by atoms with Crippen LogP contribution >= 0.6 is 0 Å². The Hall–Kier alpha value is -1.27. The van der Waals surface area contributed by atoms with Crippen LogP contribution in [0.15, 0.2) is 24.3 Å². The van der Waals surface area contributed by atoms with E-state index in [1.807, 2.05) is 13.8 Å². The van der Waals surface area contributed by atoms with Crippen LogP contribution in [0.25, 0.3) is 0 Å². The first-order valence-electron chi connectivity index (χ1n) is 6.62. The van der Waals surface area contributed by atoms with Gasteiger partial charge in [0.1, 0.15) is 0 Å². The van der Waals surface area contributed by atoms with Gasteiger partial charge in [-0.25, -0.2) is 0 Å². The summed E-state index contributed by atoms with van der Waals surface area (Å²) in [6.45, 7) is 5.04. The summed E-state index contributed by atoms with van der Waals surface area (Å²) in [4.78, 5) is 0. The third-order valence-corrected chi connectivity index (χ3v) is 2.63. The maximum absolute atomic E-state index is 12.8. The molecule has 0 amide bonds. The minimum absolute atomic E-state index is 0.0757. The third kappa shape index (κ3) is 5.38. The molecule has 0 radical (unpaired) electrons. The van der Waals surface area contributed by atoms with E-state index in [-0.39, 0.29) is 5.69 Å². The molecule has 0 aliphatic rings. The average Bonchev–Trinajstić information content (AvgIpc) is 2.38. The van der Waals surface area contributed by atoms with Gasteiger partial charge in [0.05, 0.1) is 5.56 Å². The van der Waals surface area contributed by atoms with Crippen molar-refractivity contribution in [3.63, 3.8) is 0 Å². The molecule has 1 N–H and O–H groups in total. The molecule has 1 aromatic carbocycles. The van der Waals surface area contributed by atoms with Crippen molar-refractivity contribution in [2.75, 3.05) is 25.1 Å². The summed E-state index contributed by atoms with van der Waals surface area (Å²) in [7, 11) is 0. The lowest BCUT2D eigenvalue weighted by Crippen LogP contribution is -2.21. The Morgan fingerprint density at radius 1 is 1.10 bits per heavy atom. The van der Waals surface area contributed by atoms with Crippen molar-refractivity contribution < 1.29 is 22.6 Å². The fourth-order valence-corrected chi connectivity index (χ4v) is 1.80. The summed E-state index contributed by atoms with van der Waals surface area (Å²) in [6, 6.07) is 5.42. The van der Waals surface area contributed by atoms with E-state index in [1.54, 1.807) is 6.07 Å². The number of para-hydroxylation sites is 1. The summed E-state index contributed by atoms with van der Waals surface area (Å²) in [5, 5.41) is 2.79. The molecule has 20 heavy (non-hydrogen) atoms. The Labute approximate surface area is 117 Å². The first-order chi connectivity index (χ1) is 9.49. The van der Waals surface area contributed by atoms with Crippen LogP contribution in [-0.4, -0.2) is 26.0 Å². The molecule has 0 heterocycles. The number of rotatable bonds is 8. The Bertz CT molecular complexity index is 390. The van der Waals surface area contributed by atoms with Crippen LogP contribution in [0.3, 0.4) is 0 Å². The second kappa shape index (κ2) is 8.11. The molecule has 0 saturated heterocycles. The topological polar surface area (TPSA) is 30.5 Å². The zero-order valence-corrected chi connectivity index (χ0v) is 11.7. The standard InChI is InChI=1S/C14H20F3NO2/c1-3-19-13(20-4-2)9-10-18-12-8-6-5-7-11(12)14(15,16)17/h5-8,13,18H,3-4,9-10H2,1-2H3. The van der Waals surface area contributed by atoms with Crippen LogP contribution in [0, 0.1) is 0 Å². The first kappa shape index (κ1) is 16.8. The van der Waals surface area contributed by atoms with Gasteiger partial charge in [0, 0.05) is 31.9 Å². The monoisotopic (exact) mass is 291 g/mol. The van der Waals surface area contributed by atoms with Crippen LogP contribution in [0.4, 0.5) is 18.9 Å². The van der Waals surface area contributed by atoms with Gasteiger partial charge in [0.15, 0.2) is 6.29 Å². The minimum atomic E-state index is -4.36. The largest absolute Gasteiger partial charge is 0.418 e. The molecule has 0 unspecified atom stereocenters. The molecule has 3 nitrogen and oxygen atoms in total. The van der Waals surface area contributed by atoms with Gasteiger partial charge in [-0.3, -0.25) is 0 Å². The van der Waals surface area contributed by atoms with Crippen molar-refractivity contribution in [2.24, 2.45) is 0 Å². The highest BCUT2D eigenvalue weighted by Gasteiger charge is 2.33. The van der Waals surface area contributed by atoms with Crippen molar-refractivity contribution >= 4 is 5.69 Å². The van der Waals surface area contributed by atoms with Crippen LogP contribution < -0.4 is 5.32 Å². The maximum atomic E-state index is 12.8. The van der Waals surface area contributed by atoms with Gasteiger partial charge in [-0.05, 0) is 26.0 Å². The van der Waals surface area contributed by atoms with Crippen LogP contribution in [0.2, 0.25) is 0 Å². The Balaban J connectivity index is 2.57. The smallest absolute Gasteiger partial charge is 0.384 e. The number of benzene rings is 1. The number of hydrogen-bond acceptors (Lipinski definition) is 3. The SMILES string of the molecule is CCOC(CCNc1ccccc1C(F)(F)F)OCC. The summed E-state index contributed by atoms with van der Waals surface area (Å²) in [5.41, 5.74) is -0.587. The highest BCUT2D eigenvalue weighted by Crippen LogP contribution is 2.34. The third-order valence-electron chi connectivity index (χ3n) is 2.63. The first-order valence-corrected chi connectivity index (χ1v) is 6.62. The van der Waals surface area contributed by atoms with Crippen molar-refractivity contribution in [1.29, 1.82) is 0 Å². The van der Waals surface area contributed by atoms with E-state index < -0.39 is 18.0 Å². The molecule has 6 heteroatoms. The van der Waals surface area contributed by atoms with Crippen LogP contribution in [0.1, 0.15) is 25.8 Å². The Morgan fingerprint density at radius 3 is 2.25 bits per heavy atom. The molecule has 1 aromatic rings. The number of nitrogens with one attached hydrogen (secondary N) is 1. The van der Waals surface area contributed by atoms with Crippen molar-refractivity contribution in [1.82, 2.24) is 0 Å². The molecule has 0 bridgehead atoms. The quantitative estimate of drug-likeness (QED) is 0.737. The van der Waals surface area contributed by atoms with Gasteiger partial charge in [0.25, 0.3) is 0 Å². The normalized spacial score (nSPS) is 11.9. The summed E-state index contributed by atoms with van der Waals surface area (Å²) < 4.78 is 49.0. The highest BCUT2D eigenvalue weighted by atomic mass is 19.4. The molecule has 0 aromatic heterocycles. The lowest BCUT2D eigenvalue weighted by molar-refractivity contribution is -0.137. The van der Waals surface area contributed by atoms with Crippen LogP contribution in [0.5, 0.6) is 0 Å². The number of halogens is 3. The lowest BCUT2D eigenvalue weighted by Gasteiger charge is -2.18. The molecule has 0 spiro atoms. The van der Waals surface area contributed by atoms with Gasteiger partial charge in [-0.1, -0.05) is 12.1 Å². The number of ether oxygens (including phenoxy) is 2. The molecule has 0 fully saturated rings. The molecule has 0 saturated carbocycles. The molecule has 0 aliphatic heterocycles. The number of anilines is 1. The van der Waals surface area contributed by atoms with Crippen molar-refractivity contribution in [3.05, 3.63) is 29.8 Å².